The van der Waals surface area contributed by atoms with Gasteiger partial charge in [-0.3, -0.25) is 4.79 Å². The Morgan fingerprint density at radius 2 is 2.33 bits per heavy atom. The highest BCUT2D eigenvalue weighted by atomic mass is 16.3. The van der Waals surface area contributed by atoms with E-state index in [1.165, 1.54) is 10.9 Å². The number of hydrogen-bond acceptors (Lipinski definition) is 3. The van der Waals surface area contributed by atoms with Crippen LogP contribution in [-0.2, 0) is 4.79 Å². The molecule has 1 heterocycles. The Morgan fingerprint density at radius 3 is 2.67 bits per heavy atom. The lowest BCUT2D eigenvalue weighted by Gasteiger charge is -2.24. The molecule has 0 spiro atoms. The molecule has 0 fully saturated rings. The van der Waals surface area contributed by atoms with Crippen molar-refractivity contribution in [2.24, 2.45) is 0 Å². The van der Waals surface area contributed by atoms with Gasteiger partial charge in [0.1, 0.15) is 6.04 Å². The Labute approximate surface area is 70.9 Å². The Balaban J connectivity index is 2.91. The van der Waals surface area contributed by atoms with Crippen LogP contribution >= 0.6 is 0 Å². The lowest BCUT2D eigenvalue weighted by molar-refractivity contribution is 0.0483. The van der Waals surface area contributed by atoms with Crippen molar-refractivity contribution < 1.29 is 9.90 Å². The molecule has 1 radical (unpaired) electrons. The number of hydrogen-bond donors (Lipinski definition) is 1. The van der Waals surface area contributed by atoms with Crippen LogP contribution in [-0.4, -0.2) is 26.5 Å². The fourth-order valence-corrected chi connectivity index (χ4v) is 0.992. The Morgan fingerprint density at radius 1 is 1.67 bits per heavy atom. The fourth-order valence-electron chi connectivity index (χ4n) is 0.992. The van der Waals surface area contributed by atoms with Crippen molar-refractivity contribution in [2.45, 2.75) is 25.5 Å². The van der Waals surface area contributed by atoms with E-state index >= 15 is 0 Å². The van der Waals surface area contributed by atoms with Crippen molar-refractivity contribution >= 4 is 6.29 Å². The van der Waals surface area contributed by atoms with Crippen molar-refractivity contribution in [3.05, 3.63) is 18.7 Å². The maximum atomic E-state index is 10.5. The minimum Gasteiger partial charge on any atom is -0.388 e. The predicted molar refractivity (Wildman–Crippen MR) is 43.3 cm³/mol. The minimum atomic E-state index is -1.11. The molecule has 65 valence electrons. The number of aliphatic hydroxyl groups is 1. The van der Waals surface area contributed by atoms with E-state index in [4.69, 9.17) is 0 Å². The average Bonchev–Trinajstić information content (AvgIpc) is 2.38. The molecule has 0 amide bonds. The number of carbonyl (C=O) groups excluding carboxylic acids is 1. The lowest BCUT2D eigenvalue weighted by atomic mass is 10.0. The first-order valence-corrected chi connectivity index (χ1v) is 3.63. The van der Waals surface area contributed by atoms with E-state index in [0.29, 0.717) is 0 Å². The van der Waals surface area contributed by atoms with Crippen molar-refractivity contribution in [1.29, 1.82) is 0 Å². The van der Waals surface area contributed by atoms with E-state index in [2.05, 4.69) is 4.98 Å². The number of imidazole rings is 1. The maximum Gasteiger partial charge on any atom is 0.226 e. The van der Waals surface area contributed by atoms with Crippen LogP contribution in [0.4, 0.5) is 0 Å². The molecule has 1 rings (SSSR count). The van der Waals surface area contributed by atoms with Gasteiger partial charge >= 0.3 is 0 Å². The maximum absolute atomic E-state index is 10.5. The normalized spacial score (nSPS) is 14.2. The molecule has 0 aliphatic rings. The van der Waals surface area contributed by atoms with Crippen LogP contribution in [0.2, 0.25) is 0 Å². The first-order chi connectivity index (χ1) is 5.55. The molecule has 1 atom stereocenters. The first kappa shape index (κ1) is 8.93. The highest BCUT2D eigenvalue weighted by Gasteiger charge is 2.28. The molecule has 1 aromatic heterocycles. The smallest absolute Gasteiger partial charge is 0.226 e. The van der Waals surface area contributed by atoms with Gasteiger partial charge in [0, 0.05) is 12.4 Å². The van der Waals surface area contributed by atoms with E-state index in [9.17, 15) is 9.90 Å². The standard InChI is InChI=1S/C8H11N2O2/c1-8(2,12)7(5-11)10-4-3-9-6-10/h3-4,6-7,12H,1-2H3. The van der Waals surface area contributed by atoms with E-state index in [1.807, 2.05) is 0 Å². The van der Waals surface area contributed by atoms with Crippen LogP contribution in [0.1, 0.15) is 19.9 Å². The van der Waals surface area contributed by atoms with Gasteiger partial charge in [0.05, 0.1) is 11.9 Å². The highest BCUT2D eigenvalue weighted by molar-refractivity contribution is 5.58. The molecule has 1 unspecified atom stereocenters. The molecule has 4 heteroatoms. The van der Waals surface area contributed by atoms with Gasteiger partial charge in [-0.1, -0.05) is 0 Å². The molecular formula is C8H11N2O2. The number of rotatable bonds is 3. The van der Waals surface area contributed by atoms with Crippen LogP contribution in [0.15, 0.2) is 18.7 Å². The van der Waals surface area contributed by atoms with Crippen LogP contribution in [0.25, 0.3) is 0 Å². The van der Waals surface area contributed by atoms with Crippen molar-refractivity contribution in [3.63, 3.8) is 0 Å². The second kappa shape index (κ2) is 3.06. The third-order valence-corrected chi connectivity index (χ3v) is 1.60. The highest BCUT2D eigenvalue weighted by Crippen LogP contribution is 2.18. The van der Waals surface area contributed by atoms with Gasteiger partial charge < -0.3 is 9.67 Å². The SMILES string of the molecule is CC(C)(O)C([C]=O)n1ccnc1. The molecule has 0 aromatic carbocycles. The second-order valence-corrected chi connectivity index (χ2v) is 3.18. The molecule has 0 aliphatic carbocycles. The van der Waals surface area contributed by atoms with Crippen LogP contribution in [0.3, 0.4) is 0 Å². The van der Waals surface area contributed by atoms with Crippen LogP contribution in [0, 0.1) is 0 Å². The van der Waals surface area contributed by atoms with Crippen LogP contribution < -0.4 is 0 Å². The van der Waals surface area contributed by atoms with E-state index in [1.54, 1.807) is 32.5 Å². The van der Waals surface area contributed by atoms with Gasteiger partial charge in [-0.15, -0.1) is 0 Å². The summed E-state index contributed by atoms with van der Waals surface area (Å²) in [6.07, 6.45) is 6.42. The van der Waals surface area contributed by atoms with Crippen molar-refractivity contribution in [3.8, 4) is 0 Å². The topological polar surface area (TPSA) is 55.1 Å². The summed E-state index contributed by atoms with van der Waals surface area (Å²) in [5.41, 5.74) is -1.11. The monoisotopic (exact) mass is 167 g/mol. The minimum absolute atomic E-state index is 0.694. The third kappa shape index (κ3) is 1.71. The van der Waals surface area contributed by atoms with Crippen LogP contribution in [0.5, 0.6) is 0 Å². The lowest BCUT2D eigenvalue weighted by Crippen LogP contribution is -2.33. The van der Waals surface area contributed by atoms with Crippen molar-refractivity contribution in [1.82, 2.24) is 9.55 Å². The zero-order chi connectivity index (χ0) is 9.19. The largest absolute Gasteiger partial charge is 0.388 e. The predicted octanol–water partition coefficient (Wildman–Crippen LogP) is 0.305. The summed E-state index contributed by atoms with van der Waals surface area (Å²) in [5.74, 6) is 0. The fraction of sp³-hybridized carbons (Fsp3) is 0.500. The molecule has 0 bridgehead atoms. The van der Waals surface area contributed by atoms with Gasteiger partial charge in [0.2, 0.25) is 6.29 Å². The van der Waals surface area contributed by atoms with Gasteiger partial charge in [-0.2, -0.15) is 0 Å². The number of nitrogens with zero attached hydrogens (tertiary/aromatic N) is 2. The molecule has 1 N–H and O–H groups in total. The summed E-state index contributed by atoms with van der Waals surface area (Å²) >= 11 is 0. The molecular weight excluding hydrogens is 156 g/mol. The molecule has 0 aliphatic heterocycles. The molecule has 0 saturated heterocycles. The van der Waals surface area contributed by atoms with Gasteiger partial charge in [-0.25, -0.2) is 4.98 Å². The van der Waals surface area contributed by atoms with Gasteiger partial charge in [0.25, 0.3) is 0 Å². The Kier molecular flexibility index (Phi) is 2.28. The summed E-state index contributed by atoms with van der Waals surface area (Å²) < 4.78 is 1.52. The zero-order valence-electron chi connectivity index (χ0n) is 7.06. The Hall–Kier alpha value is -1.16. The molecule has 0 saturated carbocycles. The zero-order valence-corrected chi connectivity index (χ0v) is 7.06. The Bertz CT molecular complexity index is 249. The quantitative estimate of drug-likeness (QED) is 0.704. The van der Waals surface area contributed by atoms with E-state index in [-0.39, 0.29) is 0 Å². The second-order valence-electron chi connectivity index (χ2n) is 3.18. The molecule has 12 heavy (non-hydrogen) atoms. The third-order valence-electron chi connectivity index (χ3n) is 1.60. The van der Waals surface area contributed by atoms with Crippen molar-refractivity contribution in [2.75, 3.05) is 0 Å². The van der Waals surface area contributed by atoms with Gasteiger partial charge in [-0.05, 0) is 13.8 Å². The summed E-state index contributed by atoms with van der Waals surface area (Å²) in [5, 5.41) is 9.54. The average molecular weight is 167 g/mol. The van der Waals surface area contributed by atoms with Gasteiger partial charge in [0.15, 0.2) is 0 Å². The van der Waals surface area contributed by atoms with E-state index < -0.39 is 11.6 Å². The summed E-state index contributed by atoms with van der Waals surface area (Å²) in [6.45, 7) is 3.12. The van der Waals surface area contributed by atoms with E-state index in [0.717, 1.165) is 0 Å². The molecule has 1 aromatic rings. The number of aromatic nitrogens is 2. The summed E-state index contributed by atoms with van der Waals surface area (Å²) in [4.78, 5) is 14.3. The molecule has 4 nitrogen and oxygen atoms in total. The summed E-state index contributed by atoms with van der Waals surface area (Å²) in [6, 6.07) is -0.694. The first-order valence-electron chi connectivity index (χ1n) is 3.63. The summed E-state index contributed by atoms with van der Waals surface area (Å²) in [7, 11) is 0.